The number of carbonyl (C=O) groups excluding carboxylic acids is 1. The molecule has 1 amide bonds. The van der Waals surface area contributed by atoms with Gasteiger partial charge in [0.15, 0.2) is 11.5 Å². The molecule has 4 rings (SSSR count). The van der Waals surface area contributed by atoms with E-state index in [1.54, 1.807) is 6.07 Å². The normalized spacial score (nSPS) is 22.1. The Morgan fingerprint density at radius 2 is 2.04 bits per heavy atom. The van der Waals surface area contributed by atoms with Gasteiger partial charge in [-0.05, 0) is 18.6 Å². The smallest absolute Gasteiger partial charge is 0.276 e. The summed E-state index contributed by atoms with van der Waals surface area (Å²) in [7, 11) is 0. The van der Waals surface area contributed by atoms with Crippen LogP contribution >= 0.6 is 11.8 Å². The first kappa shape index (κ1) is 16.7. The van der Waals surface area contributed by atoms with Crippen LogP contribution in [0.2, 0.25) is 0 Å². The zero-order valence-corrected chi connectivity index (χ0v) is 15.1. The van der Waals surface area contributed by atoms with Crippen LogP contribution in [0.3, 0.4) is 0 Å². The summed E-state index contributed by atoms with van der Waals surface area (Å²) in [4.78, 5) is 17.3. The molecule has 5 nitrogen and oxygen atoms in total. The van der Waals surface area contributed by atoms with E-state index in [-0.39, 0.29) is 5.91 Å². The van der Waals surface area contributed by atoms with Crippen LogP contribution in [0.4, 0.5) is 0 Å². The summed E-state index contributed by atoms with van der Waals surface area (Å²) in [5.41, 5.74) is 1.35. The quantitative estimate of drug-likeness (QED) is 0.845. The van der Waals surface area contributed by atoms with E-state index in [1.807, 2.05) is 47.0 Å². The first-order valence-electron chi connectivity index (χ1n) is 8.94. The molecular weight excluding hydrogens is 334 g/mol. The lowest BCUT2D eigenvalue weighted by Gasteiger charge is -2.26. The Kier molecular flexibility index (Phi) is 5.08. The zero-order chi connectivity index (χ0) is 17.1. The van der Waals surface area contributed by atoms with Crippen LogP contribution in [-0.2, 0) is 0 Å². The SMILES string of the molecule is O=C(c1cc(-c2ccccc2)on1)N1CCCN(C2CCSC2)CC1. The average molecular weight is 357 g/mol. The Hall–Kier alpha value is -1.79. The van der Waals surface area contributed by atoms with E-state index in [2.05, 4.69) is 10.1 Å². The van der Waals surface area contributed by atoms with Gasteiger partial charge in [0.1, 0.15) is 0 Å². The molecule has 2 saturated heterocycles. The first-order valence-corrected chi connectivity index (χ1v) is 10.1. The van der Waals surface area contributed by atoms with Gasteiger partial charge in [-0.25, -0.2) is 0 Å². The third kappa shape index (κ3) is 3.75. The highest BCUT2D eigenvalue weighted by Crippen LogP contribution is 2.24. The van der Waals surface area contributed by atoms with Crippen LogP contribution in [0.25, 0.3) is 11.3 Å². The highest BCUT2D eigenvalue weighted by molar-refractivity contribution is 7.99. The average Bonchev–Trinajstić information content (AvgIpc) is 3.30. The fourth-order valence-corrected chi connectivity index (χ4v) is 4.85. The first-order chi connectivity index (χ1) is 12.3. The number of thioether (sulfide) groups is 1. The van der Waals surface area contributed by atoms with Crippen LogP contribution < -0.4 is 0 Å². The monoisotopic (exact) mass is 357 g/mol. The molecule has 0 radical (unpaired) electrons. The van der Waals surface area contributed by atoms with Gasteiger partial charge in [-0.15, -0.1) is 0 Å². The number of amides is 1. The molecule has 0 spiro atoms. The minimum absolute atomic E-state index is 0.0198. The summed E-state index contributed by atoms with van der Waals surface area (Å²) >= 11 is 2.04. The Labute approximate surface area is 152 Å². The number of rotatable bonds is 3. The van der Waals surface area contributed by atoms with Crippen molar-refractivity contribution in [3.05, 3.63) is 42.1 Å². The van der Waals surface area contributed by atoms with Crippen molar-refractivity contribution in [2.75, 3.05) is 37.7 Å². The maximum Gasteiger partial charge on any atom is 0.276 e. The molecule has 0 aliphatic carbocycles. The van der Waals surface area contributed by atoms with Gasteiger partial charge in [-0.1, -0.05) is 35.5 Å². The van der Waals surface area contributed by atoms with Gasteiger partial charge in [0.2, 0.25) is 0 Å². The molecule has 6 heteroatoms. The second-order valence-corrected chi connectivity index (χ2v) is 7.79. The van der Waals surface area contributed by atoms with Crippen LogP contribution in [0.1, 0.15) is 23.3 Å². The summed E-state index contributed by atoms with van der Waals surface area (Å²) in [5.74, 6) is 3.12. The number of carbonyl (C=O) groups is 1. The Morgan fingerprint density at radius 3 is 2.84 bits per heavy atom. The molecule has 0 N–H and O–H groups in total. The van der Waals surface area contributed by atoms with Gasteiger partial charge in [-0.3, -0.25) is 9.69 Å². The molecule has 1 aromatic carbocycles. The van der Waals surface area contributed by atoms with E-state index in [9.17, 15) is 4.79 Å². The van der Waals surface area contributed by atoms with E-state index >= 15 is 0 Å². The molecule has 25 heavy (non-hydrogen) atoms. The van der Waals surface area contributed by atoms with Crippen molar-refractivity contribution in [1.82, 2.24) is 15.0 Å². The lowest BCUT2D eigenvalue weighted by molar-refractivity contribution is 0.0748. The van der Waals surface area contributed by atoms with Gasteiger partial charge >= 0.3 is 0 Å². The molecule has 0 saturated carbocycles. The Balaban J connectivity index is 1.42. The third-order valence-electron chi connectivity index (χ3n) is 5.03. The number of nitrogens with zero attached hydrogens (tertiary/aromatic N) is 3. The highest BCUT2D eigenvalue weighted by Gasteiger charge is 2.27. The van der Waals surface area contributed by atoms with Crippen LogP contribution in [0.5, 0.6) is 0 Å². The van der Waals surface area contributed by atoms with Crippen molar-refractivity contribution in [2.45, 2.75) is 18.9 Å². The Bertz CT molecular complexity index is 712. The van der Waals surface area contributed by atoms with Gasteiger partial charge in [0, 0.05) is 49.6 Å². The van der Waals surface area contributed by atoms with E-state index in [0.717, 1.165) is 38.2 Å². The summed E-state index contributed by atoms with van der Waals surface area (Å²) in [6.45, 7) is 3.61. The molecule has 2 aromatic rings. The number of hydrogen-bond acceptors (Lipinski definition) is 5. The predicted molar refractivity (Wildman–Crippen MR) is 99.8 cm³/mol. The summed E-state index contributed by atoms with van der Waals surface area (Å²) in [5, 5.41) is 4.01. The Morgan fingerprint density at radius 1 is 1.16 bits per heavy atom. The van der Waals surface area contributed by atoms with Gasteiger partial charge in [-0.2, -0.15) is 11.8 Å². The van der Waals surface area contributed by atoms with Crippen molar-refractivity contribution >= 4 is 17.7 Å². The molecule has 2 fully saturated rings. The van der Waals surface area contributed by atoms with Crippen molar-refractivity contribution in [3.8, 4) is 11.3 Å². The van der Waals surface area contributed by atoms with Crippen LogP contribution in [0, 0.1) is 0 Å². The minimum Gasteiger partial charge on any atom is -0.355 e. The second-order valence-electron chi connectivity index (χ2n) is 6.64. The molecule has 2 aliphatic rings. The van der Waals surface area contributed by atoms with E-state index in [0.29, 0.717) is 17.5 Å². The minimum atomic E-state index is -0.0198. The lowest BCUT2D eigenvalue weighted by Crippen LogP contribution is -2.39. The van der Waals surface area contributed by atoms with Gasteiger partial charge in [0.05, 0.1) is 0 Å². The number of hydrogen-bond donors (Lipinski definition) is 0. The predicted octanol–water partition coefficient (Wildman–Crippen LogP) is 3.00. The van der Waals surface area contributed by atoms with Crippen LogP contribution in [-0.4, -0.2) is 64.6 Å². The summed E-state index contributed by atoms with van der Waals surface area (Å²) in [6, 6.07) is 12.2. The molecule has 0 bridgehead atoms. The maximum absolute atomic E-state index is 12.8. The second kappa shape index (κ2) is 7.62. The van der Waals surface area contributed by atoms with Crippen molar-refractivity contribution in [1.29, 1.82) is 0 Å². The number of aromatic nitrogens is 1. The van der Waals surface area contributed by atoms with Crippen molar-refractivity contribution in [3.63, 3.8) is 0 Å². The molecule has 2 aliphatic heterocycles. The number of benzene rings is 1. The highest BCUT2D eigenvalue weighted by atomic mass is 32.2. The third-order valence-corrected chi connectivity index (χ3v) is 6.17. The standard InChI is InChI=1S/C19H23N3O2S/c23-19(17-13-18(24-20-17)15-5-2-1-3-6-15)22-9-4-8-21(10-11-22)16-7-12-25-14-16/h1-3,5-6,13,16H,4,7-12,14H2. The maximum atomic E-state index is 12.8. The van der Waals surface area contributed by atoms with Gasteiger partial charge < -0.3 is 9.42 Å². The topological polar surface area (TPSA) is 49.6 Å². The molecule has 3 heterocycles. The van der Waals surface area contributed by atoms with E-state index in [1.165, 1.54) is 17.9 Å². The summed E-state index contributed by atoms with van der Waals surface area (Å²) < 4.78 is 5.39. The lowest BCUT2D eigenvalue weighted by atomic mass is 10.1. The van der Waals surface area contributed by atoms with Gasteiger partial charge in [0.25, 0.3) is 5.91 Å². The van der Waals surface area contributed by atoms with Crippen molar-refractivity contribution in [2.24, 2.45) is 0 Å². The fourth-order valence-electron chi connectivity index (χ4n) is 3.59. The van der Waals surface area contributed by atoms with E-state index < -0.39 is 0 Å². The summed E-state index contributed by atoms with van der Waals surface area (Å²) in [6.07, 6.45) is 2.30. The molecular formula is C19H23N3O2S. The fraction of sp³-hybridized carbons (Fsp3) is 0.474. The van der Waals surface area contributed by atoms with E-state index in [4.69, 9.17) is 4.52 Å². The molecule has 1 aromatic heterocycles. The largest absolute Gasteiger partial charge is 0.355 e. The molecule has 1 unspecified atom stereocenters. The molecule has 132 valence electrons. The van der Waals surface area contributed by atoms with Crippen molar-refractivity contribution < 1.29 is 9.32 Å². The van der Waals surface area contributed by atoms with Crippen LogP contribution in [0.15, 0.2) is 40.9 Å². The zero-order valence-electron chi connectivity index (χ0n) is 14.3. The molecule has 1 atom stereocenters.